The summed E-state index contributed by atoms with van der Waals surface area (Å²) in [5, 5.41) is 0. The van der Waals surface area contributed by atoms with Gasteiger partial charge in [-0.1, -0.05) is 18.2 Å². The second kappa shape index (κ2) is 3.18. The number of nitrogens with zero attached hydrogens (tertiary/aromatic N) is 1. The van der Waals surface area contributed by atoms with Crippen molar-refractivity contribution in [3.63, 3.8) is 0 Å². The number of likely N-dealkylation sites (N-methyl/N-ethyl adjacent to an activating group) is 1. The fourth-order valence-electron chi connectivity index (χ4n) is 1.87. The van der Waals surface area contributed by atoms with Crippen molar-refractivity contribution in [2.75, 3.05) is 13.6 Å². The molecular weight excluding hydrogens is 146 g/mol. The summed E-state index contributed by atoms with van der Waals surface area (Å²) in [5.41, 5.74) is 2.94. The Morgan fingerprint density at radius 3 is 3.00 bits per heavy atom. The molecule has 0 radical (unpaired) electrons. The van der Waals surface area contributed by atoms with Crippen LogP contribution in [0.2, 0.25) is 0 Å². The van der Waals surface area contributed by atoms with Crippen molar-refractivity contribution in [1.29, 1.82) is 0 Å². The minimum absolute atomic E-state index is 1.08. The second-order valence-electron chi connectivity index (χ2n) is 3.48. The van der Waals surface area contributed by atoms with Gasteiger partial charge in [-0.25, -0.2) is 0 Å². The van der Waals surface area contributed by atoms with Crippen LogP contribution in [0.15, 0.2) is 35.6 Å². The first-order chi connectivity index (χ1) is 5.88. The maximum atomic E-state index is 2.35. The third-order valence-corrected chi connectivity index (χ3v) is 2.55. The van der Waals surface area contributed by atoms with E-state index in [0.29, 0.717) is 0 Å². The molecule has 0 atom stereocenters. The molecule has 0 fully saturated rings. The summed E-state index contributed by atoms with van der Waals surface area (Å²) in [6, 6.07) is 0. The van der Waals surface area contributed by atoms with Crippen molar-refractivity contribution in [3.05, 3.63) is 35.6 Å². The molecule has 12 heavy (non-hydrogen) atoms. The Hall–Kier alpha value is -0.980. The molecule has 1 heterocycles. The zero-order chi connectivity index (χ0) is 8.39. The molecule has 2 rings (SSSR count). The van der Waals surface area contributed by atoms with Gasteiger partial charge in [-0.2, -0.15) is 0 Å². The summed E-state index contributed by atoms with van der Waals surface area (Å²) < 4.78 is 0. The predicted octanol–water partition coefficient (Wildman–Crippen LogP) is 2.48. The van der Waals surface area contributed by atoms with E-state index in [0.717, 1.165) is 6.42 Å². The maximum Gasteiger partial charge on any atom is 0.0392 e. The molecule has 0 aromatic carbocycles. The summed E-state index contributed by atoms with van der Waals surface area (Å²) >= 11 is 0. The quantitative estimate of drug-likeness (QED) is 0.527. The molecule has 0 unspecified atom stereocenters. The van der Waals surface area contributed by atoms with Gasteiger partial charge in [0.15, 0.2) is 0 Å². The Morgan fingerprint density at radius 1 is 1.25 bits per heavy atom. The fraction of sp³-hybridized carbons (Fsp3) is 0.455. The van der Waals surface area contributed by atoms with Crippen LogP contribution in [0.3, 0.4) is 0 Å². The van der Waals surface area contributed by atoms with Gasteiger partial charge in [-0.3, -0.25) is 0 Å². The molecule has 0 saturated carbocycles. The lowest BCUT2D eigenvalue weighted by Gasteiger charge is -2.27. The van der Waals surface area contributed by atoms with E-state index in [1.807, 2.05) is 0 Å². The van der Waals surface area contributed by atoms with Crippen LogP contribution in [0, 0.1) is 0 Å². The molecule has 0 aromatic heterocycles. The monoisotopic (exact) mass is 161 g/mol. The predicted molar refractivity (Wildman–Crippen MR) is 51.8 cm³/mol. The highest BCUT2D eigenvalue weighted by molar-refractivity contribution is 5.36. The van der Waals surface area contributed by atoms with Crippen LogP contribution in [-0.2, 0) is 0 Å². The van der Waals surface area contributed by atoms with Crippen molar-refractivity contribution in [2.45, 2.75) is 19.3 Å². The minimum atomic E-state index is 1.08. The summed E-state index contributed by atoms with van der Waals surface area (Å²) in [5.74, 6) is 0. The van der Waals surface area contributed by atoms with Crippen molar-refractivity contribution in [3.8, 4) is 0 Å². The molecule has 0 bridgehead atoms. The zero-order valence-corrected chi connectivity index (χ0v) is 7.59. The third-order valence-electron chi connectivity index (χ3n) is 2.55. The zero-order valence-electron chi connectivity index (χ0n) is 7.59. The van der Waals surface area contributed by atoms with E-state index in [-0.39, 0.29) is 0 Å². The molecule has 1 nitrogen and oxygen atoms in total. The molecule has 0 saturated heterocycles. The van der Waals surface area contributed by atoms with Gasteiger partial charge in [-0.05, 0) is 30.9 Å². The van der Waals surface area contributed by atoms with E-state index in [1.54, 1.807) is 0 Å². The SMILES string of the molecule is CN1CCCC2=C1C=CCC=C2. The minimum Gasteiger partial charge on any atom is -0.374 e. The average molecular weight is 161 g/mol. The van der Waals surface area contributed by atoms with Gasteiger partial charge in [0.1, 0.15) is 0 Å². The number of allylic oxidation sites excluding steroid dienone is 5. The molecule has 1 heteroatoms. The van der Waals surface area contributed by atoms with E-state index in [4.69, 9.17) is 0 Å². The lowest BCUT2D eigenvalue weighted by molar-refractivity contribution is 0.394. The van der Waals surface area contributed by atoms with Crippen LogP contribution >= 0.6 is 0 Å². The molecule has 1 aliphatic carbocycles. The summed E-state index contributed by atoms with van der Waals surface area (Å²) in [4.78, 5) is 2.35. The Morgan fingerprint density at radius 2 is 2.08 bits per heavy atom. The Balaban J connectivity index is 2.36. The first-order valence-corrected chi connectivity index (χ1v) is 4.65. The van der Waals surface area contributed by atoms with E-state index < -0.39 is 0 Å². The Bertz CT molecular complexity index is 258. The summed E-state index contributed by atoms with van der Waals surface area (Å²) in [6.07, 6.45) is 12.7. The van der Waals surface area contributed by atoms with E-state index in [9.17, 15) is 0 Å². The van der Waals surface area contributed by atoms with E-state index in [1.165, 1.54) is 30.7 Å². The topological polar surface area (TPSA) is 3.24 Å². The van der Waals surface area contributed by atoms with Crippen LogP contribution in [0.4, 0.5) is 0 Å². The van der Waals surface area contributed by atoms with Crippen LogP contribution in [-0.4, -0.2) is 18.5 Å². The highest BCUT2D eigenvalue weighted by Crippen LogP contribution is 2.24. The van der Waals surface area contributed by atoms with Gasteiger partial charge in [0.05, 0.1) is 0 Å². The standard InChI is InChI=1S/C11H15N/c1-12-9-5-7-10-6-3-2-4-8-11(10)12/h3-4,6,8H,2,5,7,9H2,1H3. The van der Waals surface area contributed by atoms with E-state index >= 15 is 0 Å². The molecular formula is C11H15N. The van der Waals surface area contributed by atoms with Crippen molar-refractivity contribution in [1.82, 2.24) is 4.90 Å². The smallest absolute Gasteiger partial charge is 0.0392 e. The van der Waals surface area contributed by atoms with Crippen molar-refractivity contribution in [2.24, 2.45) is 0 Å². The molecule has 0 spiro atoms. The van der Waals surface area contributed by atoms with Gasteiger partial charge < -0.3 is 4.90 Å². The molecule has 1 aliphatic heterocycles. The lowest BCUT2D eigenvalue weighted by Crippen LogP contribution is -2.23. The molecule has 2 aliphatic rings. The Kier molecular flexibility index (Phi) is 2.03. The summed E-state index contributed by atoms with van der Waals surface area (Å²) in [7, 11) is 2.18. The van der Waals surface area contributed by atoms with Gasteiger partial charge in [0.25, 0.3) is 0 Å². The van der Waals surface area contributed by atoms with Gasteiger partial charge in [0, 0.05) is 19.3 Å². The normalized spacial score (nSPS) is 22.6. The average Bonchev–Trinajstić information content (AvgIpc) is 2.30. The van der Waals surface area contributed by atoms with Gasteiger partial charge in [0.2, 0.25) is 0 Å². The van der Waals surface area contributed by atoms with Gasteiger partial charge >= 0.3 is 0 Å². The van der Waals surface area contributed by atoms with Crippen LogP contribution in [0.25, 0.3) is 0 Å². The first kappa shape index (κ1) is 7.66. The molecule has 0 amide bonds. The molecule has 0 N–H and O–H groups in total. The summed E-state index contributed by atoms with van der Waals surface area (Å²) in [6.45, 7) is 1.21. The molecule has 64 valence electrons. The van der Waals surface area contributed by atoms with Gasteiger partial charge in [-0.15, -0.1) is 0 Å². The number of hydrogen-bond acceptors (Lipinski definition) is 1. The first-order valence-electron chi connectivity index (χ1n) is 4.65. The van der Waals surface area contributed by atoms with Crippen LogP contribution in [0.5, 0.6) is 0 Å². The fourth-order valence-corrected chi connectivity index (χ4v) is 1.87. The largest absolute Gasteiger partial charge is 0.374 e. The number of rotatable bonds is 0. The Labute approximate surface area is 74.1 Å². The van der Waals surface area contributed by atoms with E-state index in [2.05, 4.69) is 36.3 Å². The molecule has 0 aromatic rings. The highest BCUT2D eigenvalue weighted by atomic mass is 15.1. The number of hydrogen-bond donors (Lipinski definition) is 0. The third kappa shape index (κ3) is 1.31. The van der Waals surface area contributed by atoms with Crippen LogP contribution in [0.1, 0.15) is 19.3 Å². The lowest BCUT2D eigenvalue weighted by atomic mass is 10.0. The highest BCUT2D eigenvalue weighted by Gasteiger charge is 2.13. The van der Waals surface area contributed by atoms with Crippen LogP contribution < -0.4 is 0 Å². The van der Waals surface area contributed by atoms with Crippen molar-refractivity contribution < 1.29 is 0 Å². The maximum absolute atomic E-state index is 2.35. The second-order valence-corrected chi connectivity index (χ2v) is 3.48. The van der Waals surface area contributed by atoms with Crippen molar-refractivity contribution >= 4 is 0 Å².